The molecule has 0 fully saturated rings. The highest BCUT2D eigenvalue weighted by Gasteiger charge is 2.37. The summed E-state index contributed by atoms with van der Waals surface area (Å²) >= 11 is 0. The van der Waals surface area contributed by atoms with E-state index in [0.717, 1.165) is 11.1 Å². The summed E-state index contributed by atoms with van der Waals surface area (Å²) < 4.78 is 0. The third-order valence-corrected chi connectivity index (χ3v) is 4.70. The van der Waals surface area contributed by atoms with Crippen molar-refractivity contribution in [3.63, 3.8) is 0 Å². The van der Waals surface area contributed by atoms with Crippen LogP contribution in [-0.2, 0) is 0 Å². The molecular formula is C20H23N3O4. The molecule has 2 aromatic carbocycles. The number of hydrogen-bond donors (Lipinski definition) is 2. The number of nitro groups is 1. The van der Waals surface area contributed by atoms with Gasteiger partial charge in [0.05, 0.1) is 11.4 Å². The smallest absolute Gasteiger partial charge is 0.220 e. The third-order valence-electron chi connectivity index (χ3n) is 4.70. The minimum absolute atomic E-state index is 0.196. The van der Waals surface area contributed by atoms with Crippen molar-refractivity contribution in [2.24, 2.45) is 10.3 Å². The largest absolute Gasteiger partial charge is 0.411 e. The fourth-order valence-corrected chi connectivity index (χ4v) is 2.85. The summed E-state index contributed by atoms with van der Waals surface area (Å²) in [5.74, 6) is 0. The molecule has 0 aliphatic carbocycles. The molecule has 7 heteroatoms. The maximum Gasteiger partial charge on any atom is 0.220 e. The van der Waals surface area contributed by atoms with Crippen LogP contribution in [0.2, 0.25) is 0 Å². The Hall–Kier alpha value is -3.22. The SMILES string of the molecule is CC(CC/C(=N/O)c1ccccc1)(CC/C(=N/O)c1ccccc1)[N+](=O)[O-]. The minimum atomic E-state index is -1.24. The Bertz CT molecular complexity index is 745. The quantitative estimate of drug-likeness (QED) is 0.296. The van der Waals surface area contributed by atoms with Crippen molar-refractivity contribution >= 4 is 11.4 Å². The molecule has 2 rings (SSSR count). The first-order valence-corrected chi connectivity index (χ1v) is 8.67. The fourth-order valence-electron chi connectivity index (χ4n) is 2.85. The predicted octanol–water partition coefficient (Wildman–Crippen LogP) is 4.34. The molecule has 0 saturated heterocycles. The molecule has 2 N–H and O–H groups in total. The Labute approximate surface area is 157 Å². The summed E-state index contributed by atoms with van der Waals surface area (Å²) in [7, 11) is 0. The molecule has 0 bridgehead atoms. The lowest BCUT2D eigenvalue weighted by molar-refractivity contribution is -0.567. The molecule has 27 heavy (non-hydrogen) atoms. The standard InChI is InChI=1S/C20H23N3O4/c1-20(23(26)27,14-12-18(21-24)16-8-4-2-5-9-16)15-13-19(22-25)17-10-6-3-7-11-17/h2-11,24-25H,12-15H2,1H3/b21-18-,22-19-. The molecule has 7 nitrogen and oxygen atoms in total. The van der Waals surface area contributed by atoms with Crippen LogP contribution in [0.3, 0.4) is 0 Å². The molecule has 0 unspecified atom stereocenters. The van der Waals surface area contributed by atoms with E-state index in [1.165, 1.54) is 0 Å². The van der Waals surface area contributed by atoms with Gasteiger partial charge < -0.3 is 10.4 Å². The Morgan fingerprint density at radius 2 is 1.26 bits per heavy atom. The Balaban J connectivity index is 2.07. The lowest BCUT2D eigenvalue weighted by Gasteiger charge is -2.21. The first kappa shape index (κ1) is 20.1. The van der Waals surface area contributed by atoms with Crippen molar-refractivity contribution in [3.05, 3.63) is 81.9 Å². The van der Waals surface area contributed by atoms with E-state index in [4.69, 9.17) is 0 Å². The average molecular weight is 369 g/mol. The molecule has 0 saturated carbocycles. The van der Waals surface area contributed by atoms with Gasteiger partial charge in [0.15, 0.2) is 0 Å². The number of oxime groups is 2. The van der Waals surface area contributed by atoms with Gasteiger partial charge in [-0.3, -0.25) is 10.1 Å². The van der Waals surface area contributed by atoms with E-state index in [2.05, 4.69) is 10.3 Å². The van der Waals surface area contributed by atoms with Crippen LogP contribution >= 0.6 is 0 Å². The summed E-state index contributed by atoms with van der Waals surface area (Å²) in [6, 6.07) is 18.1. The summed E-state index contributed by atoms with van der Waals surface area (Å²) in [6.45, 7) is 1.56. The van der Waals surface area contributed by atoms with Crippen molar-refractivity contribution in [2.45, 2.75) is 38.1 Å². The van der Waals surface area contributed by atoms with Gasteiger partial charge in [-0.25, -0.2) is 0 Å². The zero-order valence-electron chi connectivity index (χ0n) is 15.2. The van der Waals surface area contributed by atoms with E-state index in [1.54, 1.807) is 31.2 Å². The molecule has 2 aromatic rings. The lowest BCUT2D eigenvalue weighted by atomic mass is 9.87. The summed E-state index contributed by atoms with van der Waals surface area (Å²) in [4.78, 5) is 11.4. The van der Waals surface area contributed by atoms with E-state index in [9.17, 15) is 20.5 Å². The summed E-state index contributed by atoms with van der Waals surface area (Å²) in [5.41, 5.74) is 1.03. The molecule has 0 heterocycles. The van der Waals surface area contributed by atoms with Gasteiger partial charge in [0.25, 0.3) is 0 Å². The molecule has 0 aliphatic heterocycles. The number of nitrogens with zero attached hydrogens (tertiary/aromatic N) is 3. The Morgan fingerprint density at radius 1 is 0.889 bits per heavy atom. The fraction of sp³-hybridized carbons (Fsp3) is 0.300. The Morgan fingerprint density at radius 3 is 1.56 bits per heavy atom. The maximum absolute atomic E-state index is 11.7. The van der Waals surface area contributed by atoms with Gasteiger partial charge in [0, 0.05) is 37.5 Å². The highest BCUT2D eigenvalue weighted by Crippen LogP contribution is 2.25. The van der Waals surface area contributed by atoms with Crippen molar-refractivity contribution in [2.75, 3.05) is 0 Å². The Kier molecular flexibility index (Phi) is 7.05. The second-order valence-electron chi connectivity index (χ2n) is 6.58. The van der Waals surface area contributed by atoms with Crippen LogP contribution in [0.15, 0.2) is 71.0 Å². The molecule has 0 amide bonds. The van der Waals surface area contributed by atoms with Gasteiger partial charge in [0.2, 0.25) is 5.54 Å². The van der Waals surface area contributed by atoms with E-state index >= 15 is 0 Å². The van der Waals surface area contributed by atoms with Crippen LogP contribution in [0.25, 0.3) is 0 Å². The third kappa shape index (κ3) is 5.37. The second kappa shape index (κ2) is 9.47. The predicted molar refractivity (Wildman–Crippen MR) is 103 cm³/mol. The van der Waals surface area contributed by atoms with Crippen LogP contribution in [0.5, 0.6) is 0 Å². The molecule has 0 atom stereocenters. The summed E-state index contributed by atoms with van der Waals surface area (Å²) in [5, 5.41) is 36.9. The van der Waals surface area contributed by atoms with Gasteiger partial charge in [0.1, 0.15) is 0 Å². The highest BCUT2D eigenvalue weighted by atomic mass is 16.6. The second-order valence-corrected chi connectivity index (χ2v) is 6.58. The van der Waals surface area contributed by atoms with Gasteiger partial charge >= 0.3 is 0 Å². The topological polar surface area (TPSA) is 108 Å². The van der Waals surface area contributed by atoms with E-state index in [-0.39, 0.29) is 30.6 Å². The van der Waals surface area contributed by atoms with Crippen molar-refractivity contribution in [3.8, 4) is 0 Å². The van der Waals surface area contributed by atoms with Crippen LogP contribution in [-0.4, -0.2) is 32.3 Å². The van der Waals surface area contributed by atoms with Crippen LogP contribution in [0.4, 0.5) is 0 Å². The van der Waals surface area contributed by atoms with Gasteiger partial charge in [-0.2, -0.15) is 0 Å². The van der Waals surface area contributed by atoms with Gasteiger partial charge in [-0.05, 0) is 11.1 Å². The van der Waals surface area contributed by atoms with Crippen LogP contribution in [0, 0.1) is 10.1 Å². The normalized spacial score (nSPS) is 12.8. The zero-order chi connectivity index (χ0) is 19.7. The minimum Gasteiger partial charge on any atom is -0.411 e. The zero-order valence-corrected chi connectivity index (χ0v) is 15.2. The molecule has 0 aliphatic rings. The molecule has 0 radical (unpaired) electrons. The number of rotatable bonds is 9. The van der Waals surface area contributed by atoms with E-state index in [0.29, 0.717) is 11.4 Å². The number of hydrogen-bond acceptors (Lipinski definition) is 6. The molecular weight excluding hydrogens is 346 g/mol. The lowest BCUT2D eigenvalue weighted by Crippen LogP contribution is -2.36. The van der Waals surface area contributed by atoms with Crippen molar-refractivity contribution in [1.82, 2.24) is 0 Å². The molecule has 142 valence electrons. The highest BCUT2D eigenvalue weighted by molar-refractivity contribution is 6.00. The first-order valence-electron chi connectivity index (χ1n) is 8.67. The van der Waals surface area contributed by atoms with E-state index in [1.807, 2.05) is 36.4 Å². The van der Waals surface area contributed by atoms with Crippen LogP contribution in [0.1, 0.15) is 43.7 Å². The first-order chi connectivity index (χ1) is 13.0. The van der Waals surface area contributed by atoms with Gasteiger partial charge in [-0.15, -0.1) is 0 Å². The van der Waals surface area contributed by atoms with Gasteiger partial charge in [-0.1, -0.05) is 71.0 Å². The maximum atomic E-state index is 11.7. The van der Waals surface area contributed by atoms with Crippen LogP contribution < -0.4 is 0 Å². The van der Waals surface area contributed by atoms with Crippen molar-refractivity contribution < 1.29 is 15.3 Å². The average Bonchev–Trinajstić information content (AvgIpc) is 2.70. The molecule has 0 aromatic heterocycles. The van der Waals surface area contributed by atoms with E-state index < -0.39 is 5.54 Å². The number of benzene rings is 2. The summed E-state index contributed by atoms with van der Waals surface area (Å²) in [6.07, 6.45) is 0.910. The van der Waals surface area contributed by atoms with Crippen molar-refractivity contribution in [1.29, 1.82) is 0 Å². The monoisotopic (exact) mass is 369 g/mol. The molecule has 0 spiro atoms.